The SMILES string of the molecule is CC.CCCCCCCCCCC(=O)OC[N+]1(C)CCC=C(c2nsnc2OCCCCCC)C1. The second-order valence-electron chi connectivity index (χ2n) is 9.72. The highest BCUT2D eigenvalue weighted by atomic mass is 32.1. The normalized spacial score (nSPS) is 17.3. The predicted octanol–water partition coefficient (Wildman–Crippen LogP) is 7.79. The molecule has 1 aliphatic heterocycles. The van der Waals surface area contributed by atoms with Crippen molar-refractivity contribution in [2.24, 2.45) is 0 Å². The number of likely N-dealkylation sites (N-methyl/N-ethyl adjacent to an activating group) is 1. The fourth-order valence-electron chi connectivity index (χ4n) is 4.26. The molecular formula is C28H52N3O3S+. The Morgan fingerprint density at radius 1 is 0.943 bits per heavy atom. The molecule has 1 aromatic heterocycles. The van der Waals surface area contributed by atoms with Gasteiger partial charge in [-0.3, -0.25) is 9.28 Å². The maximum absolute atomic E-state index is 12.3. The van der Waals surface area contributed by atoms with Crippen LogP contribution in [0.5, 0.6) is 5.88 Å². The van der Waals surface area contributed by atoms with Crippen molar-refractivity contribution in [1.82, 2.24) is 8.75 Å². The third kappa shape index (κ3) is 13.4. The topological polar surface area (TPSA) is 61.3 Å². The van der Waals surface area contributed by atoms with Crippen LogP contribution < -0.4 is 4.74 Å². The van der Waals surface area contributed by atoms with Crippen LogP contribution in [0.15, 0.2) is 6.08 Å². The van der Waals surface area contributed by atoms with Crippen LogP contribution in [0.4, 0.5) is 0 Å². The van der Waals surface area contributed by atoms with Crippen LogP contribution in [-0.2, 0) is 9.53 Å². The van der Waals surface area contributed by atoms with Gasteiger partial charge in [0.2, 0.25) is 6.73 Å². The van der Waals surface area contributed by atoms with Crippen LogP contribution in [-0.4, -0.2) is 52.7 Å². The predicted molar refractivity (Wildman–Crippen MR) is 148 cm³/mol. The zero-order chi connectivity index (χ0) is 25.8. The van der Waals surface area contributed by atoms with E-state index in [-0.39, 0.29) is 5.97 Å². The van der Waals surface area contributed by atoms with Crippen molar-refractivity contribution < 1.29 is 18.8 Å². The number of hydrogen-bond donors (Lipinski definition) is 0. The van der Waals surface area contributed by atoms with Crippen LogP contribution in [0.2, 0.25) is 0 Å². The molecule has 6 nitrogen and oxygen atoms in total. The summed E-state index contributed by atoms with van der Waals surface area (Å²) in [5.41, 5.74) is 2.02. The molecule has 1 unspecified atom stereocenters. The Bertz CT molecular complexity index is 707. The number of carbonyl (C=O) groups excluding carboxylic acids is 1. The first-order valence-electron chi connectivity index (χ1n) is 14.2. The first-order chi connectivity index (χ1) is 17.1. The lowest BCUT2D eigenvalue weighted by atomic mass is 10.1. The van der Waals surface area contributed by atoms with Gasteiger partial charge in [-0.1, -0.05) is 98.0 Å². The summed E-state index contributed by atoms with van der Waals surface area (Å²) in [6.45, 7) is 11.3. The molecule has 0 saturated carbocycles. The molecule has 1 aromatic rings. The number of hydrogen-bond acceptors (Lipinski definition) is 6. The summed E-state index contributed by atoms with van der Waals surface area (Å²) in [5.74, 6) is 0.589. The van der Waals surface area contributed by atoms with Gasteiger partial charge in [-0.25, -0.2) is 0 Å². The largest absolute Gasteiger partial charge is 0.475 e. The highest BCUT2D eigenvalue weighted by Crippen LogP contribution is 2.30. The van der Waals surface area contributed by atoms with Gasteiger partial charge in [-0.15, -0.1) is 4.37 Å². The molecular weight excluding hydrogens is 458 g/mol. The van der Waals surface area contributed by atoms with Crippen molar-refractivity contribution in [2.75, 3.05) is 33.5 Å². The van der Waals surface area contributed by atoms with E-state index in [4.69, 9.17) is 9.47 Å². The Labute approximate surface area is 219 Å². The van der Waals surface area contributed by atoms with Gasteiger partial charge in [0.25, 0.3) is 5.88 Å². The van der Waals surface area contributed by atoms with E-state index in [1.165, 1.54) is 69.5 Å². The molecule has 0 aliphatic carbocycles. The number of unbranched alkanes of at least 4 members (excludes halogenated alkanes) is 10. The van der Waals surface area contributed by atoms with Gasteiger partial charge in [0.15, 0.2) is 0 Å². The Balaban J connectivity index is 0.00000298. The minimum absolute atomic E-state index is 0.0668. The Morgan fingerprint density at radius 2 is 1.57 bits per heavy atom. The summed E-state index contributed by atoms with van der Waals surface area (Å²) in [6, 6.07) is 0. The smallest absolute Gasteiger partial charge is 0.310 e. The van der Waals surface area contributed by atoms with E-state index >= 15 is 0 Å². The van der Waals surface area contributed by atoms with Gasteiger partial charge in [-0.05, 0) is 12.8 Å². The van der Waals surface area contributed by atoms with Gasteiger partial charge in [0.05, 0.1) is 31.9 Å². The summed E-state index contributed by atoms with van der Waals surface area (Å²) in [6.07, 6.45) is 18.3. The monoisotopic (exact) mass is 510 g/mol. The van der Waals surface area contributed by atoms with Crippen molar-refractivity contribution in [3.63, 3.8) is 0 Å². The maximum atomic E-state index is 12.3. The standard InChI is InChI=1S/C26H46N3O3S.C2H6/c1-4-6-8-10-11-12-13-14-18-24(30)32-22-29(3)19-16-17-23(21-29)25-26(28-33-27-25)31-20-15-9-7-5-2;1-2/h17H,4-16,18-22H2,1-3H3;1-2H3/q+1;. The third-order valence-corrected chi connectivity index (χ3v) is 6.89. The number of nitrogens with zero attached hydrogens (tertiary/aromatic N) is 3. The molecule has 0 aromatic carbocycles. The lowest BCUT2D eigenvalue weighted by Crippen LogP contribution is -2.49. The minimum Gasteiger partial charge on any atom is -0.475 e. The molecule has 0 saturated heterocycles. The lowest BCUT2D eigenvalue weighted by molar-refractivity contribution is -0.919. The summed E-state index contributed by atoms with van der Waals surface area (Å²) in [7, 11) is 2.15. The highest BCUT2D eigenvalue weighted by Gasteiger charge is 2.31. The fraction of sp³-hybridized carbons (Fsp3) is 0.821. The van der Waals surface area contributed by atoms with Gasteiger partial charge in [0.1, 0.15) is 12.2 Å². The van der Waals surface area contributed by atoms with Crippen molar-refractivity contribution in [2.45, 2.75) is 118 Å². The van der Waals surface area contributed by atoms with Gasteiger partial charge >= 0.3 is 5.97 Å². The average Bonchev–Trinajstić information content (AvgIpc) is 3.34. The number of esters is 1. The van der Waals surface area contributed by atoms with E-state index in [1.807, 2.05) is 13.8 Å². The van der Waals surface area contributed by atoms with Gasteiger partial charge in [-0.2, -0.15) is 4.37 Å². The molecule has 0 N–H and O–H groups in total. The van der Waals surface area contributed by atoms with Crippen LogP contribution >= 0.6 is 11.7 Å². The van der Waals surface area contributed by atoms with Crippen LogP contribution in [0, 0.1) is 0 Å². The Kier molecular flexibility index (Phi) is 17.8. The highest BCUT2D eigenvalue weighted by molar-refractivity contribution is 6.99. The molecule has 0 amide bonds. The van der Waals surface area contributed by atoms with E-state index < -0.39 is 0 Å². The number of ether oxygens (including phenoxy) is 2. The second-order valence-corrected chi connectivity index (χ2v) is 10.2. The summed E-state index contributed by atoms with van der Waals surface area (Å²) >= 11 is 1.21. The lowest BCUT2D eigenvalue weighted by Gasteiger charge is -2.36. The first kappa shape index (κ1) is 31.6. The van der Waals surface area contributed by atoms with Gasteiger partial charge < -0.3 is 9.47 Å². The van der Waals surface area contributed by atoms with Crippen LogP contribution in [0.3, 0.4) is 0 Å². The first-order valence-corrected chi connectivity index (χ1v) is 14.9. The molecule has 1 atom stereocenters. The summed E-state index contributed by atoms with van der Waals surface area (Å²) in [4.78, 5) is 12.3. The van der Waals surface area contributed by atoms with Crippen molar-refractivity contribution in [3.05, 3.63) is 11.8 Å². The third-order valence-electron chi connectivity index (χ3n) is 6.38. The van der Waals surface area contributed by atoms with E-state index in [0.29, 0.717) is 30.1 Å². The molecule has 0 fully saturated rings. The second kappa shape index (κ2) is 19.7. The number of aromatic nitrogens is 2. The van der Waals surface area contributed by atoms with E-state index in [2.05, 4.69) is 35.7 Å². The molecule has 202 valence electrons. The summed E-state index contributed by atoms with van der Waals surface area (Å²) < 4.78 is 21.2. The molecule has 0 spiro atoms. The zero-order valence-electron chi connectivity index (χ0n) is 23.3. The maximum Gasteiger partial charge on any atom is 0.310 e. The van der Waals surface area contributed by atoms with E-state index in [9.17, 15) is 4.79 Å². The average molecular weight is 511 g/mol. The van der Waals surface area contributed by atoms with E-state index in [1.54, 1.807) is 0 Å². The summed E-state index contributed by atoms with van der Waals surface area (Å²) in [5, 5.41) is 0. The fourth-order valence-corrected chi connectivity index (χ4v) is 4.79. The molecule has 2 heterocycles. The Hall–Kier alpha value is -1.47. The minimum atomic E-state index is -0.0668. The molecule has 2 rings (SSSR count). The van der Waals surface area contributed by atoms with Gasteiger partial charge in [0, 0.05) is 18.4 Å². The van der Waals surface area contributed by atoms with E-state index in [0.717, 1.165) is 50.0 Å². The molecule has 1 aliphatic rings. The van der Waals surface area contributed by atoms with Crippen LogP contribution in [0.25, 0.3) is 5.57 Å². The molecule has 0 radical (unpaired) electrons. The molecule has 35 heavy (non-hydrogen) atoms. The van der Waals surface area contributed by atoms with Crippen molar-refractivity contribution in [1.29, 1.82) is 0 Å². The Morgan fingerprint density at radius 3 is 2.26 bits per heavy atom. The number of quaternary nitrogens is 1. The zero-order valence-corrected chi connectivity index (χ0v) is 24.1. The van der Waals surface area contributed by atoms with Crippen LogP contribution in [0.1, 0.15) is 123 Å². The molecule has 7 heteroatoms. The molecule has 0 bridgehead atoms. The quantitative estimate of drug-likeness (QED) is 0.115. The number of carbonyl (C=O) groups is 1. The van der Waals surface area contributed by atoms with Crippen molar-refractivity contribution >= 4 is 23.3 Å². The van der Waals surface area contributed by atoms with Crippen molar-refractivity contribution in [3.8, 4) is 5.88 Å². The number of rotatable bonds is 18.